The van der Waals surface area contributed by atoms with Crippen molar-refractivity contribution in [2.45, 2.75) is 6.92 Å². The summed E-state index contributed by atoms with van der Waals surface area (Å²) < 4.78 is 0.954. The first-order valence-corrected chi connectivity index (χ1v) is 4.05. The number of aryl methyl sites for hydroxylation is 1. The molecule has 0 saturated carbocycles. The van der Waals surface area contributed by atoms with Crippen LogP contribution in [0.1, 0.15) is 5.56 Å². The molecule has 0 bridgehead atoms. The fourth-order valence-electron chi connectivity index (χ4n) is 0.762. The van der Waals surface area contributed by atoms with Crippen LogP contribution in [0.3, 0.4) is 0 Å². The molecular weight excluding hydrogens is 233 g/mol. The third-order valence-electron chi connectivity index (χ3n) is 1.35. The van der Waals surface area contributed by atoms with E-state index in [1.54, 1.807) is 6.07 Å². The van der Waals surface area contributed by atoms with E-state index in [1.165, 1.54) is 0 Å². The summed E-state index contributed by atoms with van der Waals surface area (Å²) in [7, 11) is 0. The van der Waals surface area contributed by atoms with Gasteiger partial charge in [0.25, 0.3) is 0 Å². The second-order valence-electron chi connectivity index (χ2n) is 2.14. The minimum atomic E-state index is 0. The van der Waals surface area contributed by atoms with Crippen molar-refractivity contribution in [3.05, 3.63) is 28.8 Å². The fraction of sp³-hybridized carbons (Fsp3) is 0.143. The summed E-state index contributed by atoms with van der Waals surface area (Å²) in [4.78, 5) is 0. The summed E-state index contributed by atoms with van der Waals surface area (Å²) >= 11 is 16.9. The van der Waals surface area contributed by atoms with Crippen LogP contribution in [0.25, 0.3) is 0 Å². The quantitative estimate of drug-likeness (QED) is 0.540. The molecule has 1 aromatic carbocycles. The highest BCUT2D eigenvalue weighted by Crippen LogP contribution is 2.30. The second-order valence-corrected chi connectivity index (χ2v) is 3.37. The molecule has 0 N–H and O–H groups in total. The Balaban J connectivity index is 0.00000121. The summed E-state index contributed by atoms with van der Waals surface area (Å²) in [6.45, 7) is 1.89. The molecule has 0 amide bonds. The van der Waals surface area contributed by atoms with Crippen molar-refractivity contribution in [2.75, 3.05) is 3.94 Å². The van der Waals surface area contributed by atoms with Gasteiger partial charge in [0, 0.05) is 23.6 Å². The zero-order valence-electron chi connectivity index (χ0n) is 5.81. The summed E-state index contributed by atoms with van der Waals surface area (Å²) in [6, 6.07) is 5.48. The first-order valence-electron chi connectivity index (χ1n) is 2.99. The lowest BCUT2D eigenvalue weighted by atomic mass is 10.2. The van der Waals surface area contributed by atoms with Crippen LogP contribution in [0.4, 0.5) is 5.69 Å². The molecule has 1 rings (SSSR count). The molecule has 1 aromatic rings. The molecule has 0 spiro atoms. The van der Waals surface area contributed by atoms with Crippen molar-refractivity contribution < 1.29 is 0 Å². The number of anilines is 1. The van der Waals surface area contributed by atoms with Crippen molar-refractivity contribution in [3.63, 3.8) is 0 Å². The minimum absolute atomic E-state index is 0. The maximum absolute atomic E-state index is 5.88. The lowest BCUT2D eigenvalue weighted by Gasteiger charge is -2.08. The average Bonchev–Trinajstić information content (AvgIpc) is 1.94. The number of benzene rings is 1. The van der Waals surface area contributed by atoms with Gasteiger partial charge in [0.05, 0.1) is 10.7 Å². The Bertz CT molecular complexity index is 265. The molecule has 0 aliphatic heterocycles. The van der Waals surface area contributed by atoms with Gasteiger partial charge in [-0.25, -0.2) is 0 Å². The molecule has 0 radical (unpaired) electrons. The van der Waals surface area contributed by atoms with E-state index in [0.29, 0.717) is 10.7 Å². The van der Waals surface area contributed by atoms with Crippen molar-refractivity contribution >= 4 is 51.8 Å². The Morgan fingerprint density at radius 3 is 2.25 bits per heavy atom. The van der Waals surface area contributed by atoms with Gasteiger partial charge in [-0.3, -0.25) is 0 Å². The van der Waals surface area contributed by atoms with Gasteiger partial charge < -0.3 is 0 Å². The summed E-state index contributed by atoms with van der Waals surface area (Å²) in [5.74, 6) is 0. The number of halogens is 3. The fourth-order valence-corrected chi connectivity index (χ4v) is 1.34. The van der Waals surface area contributed by atoms with E-state index in [-0.39, 0.29) is 11.0 Å². The Morgan fingerprint density at radius 1 is 1.25 bits per heavy atom. The highest BCUT2D eigenvalue weighted by atomic mass is 35.5. The SMILES string of the molecule is Cc1cccc(N(Cl)Cl)c1Cl.[SiH4]. The number of hydrogen-bond donors (Lipinski definition) is 0. The van der Waals surface area contributed by atoms with E-state index in [2.05, 4.69) is 0 Å². The van der Waals surface area contributed by atoms with Crippen molar-refractivity contribution in [1.82, 2.24) is 0 Å². The maximum atomic E-state index is 5.88. The Morgan fingerprint density at radius 2 is 1.83 bits per heavy atom. The van der Waals surface area contributed by atoms with Gasteiger partial charge in [-0.2, -0.15) is 3.94 Å². The highest BCUT2D eigenvalue weighted by Gasteiger charge is 2.06. The number of rotatable bonds is 1. The Hall–Kier alpha value is 0.107. The van der Waals surface area contributed by atoms with Crippen LogP contribution < -0.4 is 3.94 Å². The van der Waals surface area contributed by atoms with E-state index in [0.717, 1.165) is 9.50 Å². The summed E-state index contributed by atoms with van der Waals surface area (Å²) in [5, 5.41) is 0.581. The predicted molar refractivity (Wildman–Crippen MR) is 61.7 cm³/mol. The monoisotopic (exact) mass is 241 g/mol. The molecule has 0 aliphatic carbocycles. The van der Waals surface area contributed by atoms with Gasteiger partial charge in [0.1, 0.15) is 0 Å². The van der Waals surface area contributed by atoms with E-state index >= 15 is 0 Å². The normalized spacial score (nSPS) is 9.00. The first-order chi connectivity index (χ1) is 5.13. The second kappa shape index (κ2) is 4.97. The van der Waals surface area contributed by atoms with Crippen molar-refractivity contribution in [3.8, 4) is 0 Å². The van der Waals surface area contributed by atoms with Gasteiger partial charge in [-0.15, -0.1) is 0 Å². The molecule has 0 aliphatic rings. The molecule has 0 unspecified atom stereocenters. The molecule has 1 nitrogen and oxygen atoms in total. The largest absolute Gasteiger partial charge is 0.192 e. The van der Waals surface area contributed by atoms with Gasteiger partial charge in [0.15, 0.2) is 0 Å². The van der Waals surface area contributed by atoms with Gasteiger partial charge in [-0.1, -0.05) is 23.7 Å². The molecule has 0 aromatic heterocycles. The Labute approximate surface area is 91.5 Å². The van der Waals surface area contributed by atoms with Crippen LogP contribution in [0, 0.1) is 6.92 Å². The van der Waals surface area contributed by atoms with Gasteiger partial charge in [0.2, 0.25) is 0 Å². The van der Waals surface area contributed by atoms with Crippen LogP contribution in [-0.2, 0) is 0 Å². The molecule has 5 heteroatoms. The topological polar surface area (TPSA) is 3.24 Å². The third-order valence-corrected chi connectivity index (χ3v) is 2.21. The van der Waals surface area contributed by atoms with Crippen LogP contribution in [0.2, 0.25) is 5.02 Å². The summed E-state index contributed by atoms with van der Waals surface area (Å²) in [5.41, 5.74) is 1.56. The van der Waals surface area contributed by atoms with Crippen LogP contribution in [0.5, 0.6) is 0 Å². The van der Waals surface area contributed by atoms with E-state index < -0.39 is 0 Å². The molecule has 68 valence electrons. The zero-order chi connectivity index (χ0) is 8.43. The van der Waals surface area contributed by atoms with Gasteiger partial charge in [-0.05, 0) is 29.5 Å². The standard InChI is InChI=1S/C7H6Cl3N.H4Si/c1-5-3-2-4-6(7(5)8)11(9)10;/h2-4H,1H3;1H4. The lowest BCUT2D eigenvalue weighted by Crippen LogP contribution is -1.93. The van der Waals surface area contributed by atoms with E-state index in [4.69, 9.17) is 35.2 Å². The van der Waals surface area contributed by atoms with Crippen molar-refractivity contribution in [2.24, 2.45) is 0 Å². The lowest BCUT2D eigenvalue weighted by molar-refractivity contribution is 1.45. The molecule has 0 fully saturated rings. The predicted octanol–water partition coefficient (Wildman–Crippen LogP) is 2.31. The van der Waals surface area contributed by atoms with Crippen LogP contribution >= 0.6 is 35.2 Å². The average molecular weight is 243 g/mol. The maximum Gasteiger partial charge on any atom is 0.0898 e. The smallest absolute Gasteiger partial charge is 0.0898 e. The van der Waals surface area contributed by atoms with Crippen molar-refractivity contribution in [1.29, 1.82) is 0 Å². The molecule has 0 heterocycles. The molecular formula is C7H10Cl3NSi. The van der Waals surface area contributed by atoms with E-state index in [1.807, 2.05) is 19.1 Å². The molecule has 0 atom stereocenters. The highest BCUT2D eigenvalue weighted by molar-refractivity contribution is 6.51. The van der Waals surface area contributed by atoms with Crippen LogP contribution in [0.15, 0.2) is 18.2 Å². The summed E-state index contributed by atoms with van der Waals surface area (Å²) in [6.07, 6.45) is 0. The number of nitrogens with zero attached hydrogens (tertiary/aromatic N) is 1. The molecule has 12 heavy (non-hydrogen) atoms. The number of hydrogen-bond acceptors (Lipinski definition) is 1. The molecule has 0 saturated heterocycles. The first kappa shape index (κ1) is 12.1. The van der Waals surface area contributed by atoms with E-state index in [9.17, 15) is 0 Å². The van der Waals surface area contributed by atoms with Gasteiger partial charge >= 0.3 is 0 Å². The third kappa shape index (κ3) is 2.56. The Kier molecular flexibility index (Phi) is 5.02. The van der Waals surface area contributed by atoms with Crippen LogP contribution in [-0.4, -0.2) is 11.0 Å². The minimum Gasteiger partial charge on any atom is -0.192 e. The zero-order valence-corrected chi connectivity index (χ0v) is 8.08.